The van der Waals surface area contributed by atoms with Crippen LogP contribution in [0.1, 0.15) is 162 Å². The number of aromatic nitrogens is 1. The van der Waals surface area contributed by atoms with Crippen LogP contribution in [0.5, 0.6) is 0 Å². The predicted molar refractivity (Wildman–Crippen MR) is 183 cm³/mol. The van der Waals surface area contributed by atoms with E-state index in [4.69, 9.17) is 5.10 Å². The Hall–Kier alpha value is -1.57. The highest BCUT2D eigenvalue weighted by atomic mass is 15.3. The molecule has 4 atom stereocenters. The lowest BCUT2D eigenvalue weighted by atomic mass is 9.84. The lowest BCUT2D eigenvalue weighted by Crippen LogP contribution is -2.14. The van der Waals surface area contributed by atoms with Crippen LogP contribution in [-0.4, -0.2) is 10.4 Å². The van der Waals surface area contributed by atoms with Crippen LogP contribution in [-0.2, 0) is 6.42 Å². The van der Waals surface area contributed by atoms with Gasteiger partial charge in [-0.1, -0.05) is 110 Å². The van der Waals surface area contributed by atoms with Gasteiger partial charge in [0.2, 0.25) is 0 Å². The van der Waals surface area contributed by atoms with Gasteiger partial charge in [0.25, 0.3) is 0 Å². The van der Waals surface area contributed by atoms with Crippen LogP contribution in [0.25, 0.3) is 6.08 Å². The van der Waals surface area contributed by atoms with Crippen molar-refractivity contribution < 1.29 is 0 Å². The van der Waals surface area contributed by atoms with E-state index in [2.05, 4.69) is 78.1 Å². The largest absolute Gasteiger partial charge is 0.241 e. The highest BCUT2D eigenvalue weighted by Crippen LogP contribution is 2.34. The zero-order valence-electron chi connectivity index (χ0n) is 28.3. The van der Waals surface area contributed by atoms with Gasteiger partial charge in [0.1, 0.15) is 0 Å². The molecular weight excluding hydrogens is 496 g/mol. The molecule has 1 aromatic rings. The highest BCUT2D eigenvalue weighted by Gasteiger charge is 2.21. The molecule has 0 amide bonds. The summed E-state index contributed by atoms with van der Waals surface area (Å²) < 4.78 is 2.23. The van der Waals surface area contributed by atoms with E-state index in [1.807, 2.05) is 0 Å². The predicted octanol–water partition coefficient (Wildman–Crippen LogP) is 12.3. The number of allylic oxidation sites excluding steroid dienone is 2. The Morgan fingerprint density at radius 1 is 0.878 bits per heavy atom. The van der Waals surface area contributed by atoms with Crippen LogP contribution >= 0.6 is 0 Å². The van der Waals surface area contributed by atoms with Crippen LogP contribution in [0.3, 0.4) is 0 Å². The zero-order chi connectivity index (χ0) is 29.8. The van der Waals surface area contributed by atoms with Crippen molar-refractivity contribution in [3.63, 3.8) is 0 Å². The molecule has 1 heterocycles. The first kappa shape index (κ1) is 33.9. The number of nitrogens with zero attached hydrogens (tertiary/aromatic N) is 2. The molecule has 2 heteroatoms. The highest BCUT2D eigenvalue weighted by molar-refractivity contribution is 5.84. The van der Waals surface area contributed by atoms with Crippen molar-refractivity contribution in [1.29, 1.82) is 0 Å². The quantitative estimate of drug-likeness (QED) is 0.199. The second-order valence-corrected chi connectivity index (χ2v) is 14.8. The summed E-state index contributed by atoms with van der Waals surface area (Å²) in [7, 11) is 0. The fraction of sp³-hybridized carbons (Fsp3) is 0.769. The van der Waals surface area contributed by atoms with Crippen molar-refractivity contribution in [1.82, 2.24) is 4.68 Å². The second kappa shape index (κ2) is 17.5. The van der Waals surface area contributed by atoms with Crippen molar-refractivity contribution in [3.05, 3.63) is 41.2 Å². The molecule has 0 bridgehead atoms. The third-order valence-corrected chi connectivity index (χ3v) is 10.6. The Morgan fingerprint density at radius 2 is 1.54 bits per heavy atom. The Kier molecular flexibility index (Phi) is 14.5. The molecule has 0 N–H and O–H groups in total. The molecule has 0 spiro atoms. The fourth-order valence-electron chi connectivity index (χ4n) is 7.73. The summed E-state index contributed by atoms with van der Waals surface area (Å²) in [6.45, 7) is 21.0. The van der Waals surface area contributed by atoms with E-state index in [0.29, 0.717) is 11.8 Å². The SMILES string of the molecule is C=C(CC)Cc1ccn(N=C(C)C2CCCCC(C(C)C)CCC2)c1C=C(C)C1CCCCCC(CC(C)C)CC1. The maximum atomic E-state index is 5.34. The molecule has 3 rings (SSSR count). The van der Waals surface area contributed by atoms with Crippen molar-refractivity contribution >= 4 is 11.8 Å². The minimum Gasteiger partial charge on any atom is -0.241 e. The fourth-order valence-corrected chi connectivity index (χ4v) is 7.73. The van der Waals surface area contributed by atoms with Crippen molar-refractivity contribution in [2.45, 2.75) is 158 Å². The average Bonchev–Trinajstić information content (AvgIpc) is 3.38. The molecule has 4 unspecified atom stereocenters. The van der Waals surface area contributed by atoms with Gasteiger partial charge in [-0.05, 0) is 118 Å². The monoisotopic (exact) mass is 563 g/mol. The first-order chi connectivity index (χ1) is 19.7. The second-order valence-electron chi connectivity index (χ2n) is 14.8. The van der Waals surface area contributed by atoms with Crippen molar-refractivity contribution in [2.75, 3.05) is 0 Å². The van der Waals surface area contributed by atoms with E-state index >= 15 is 0 Å². The zero-order valence-corrected chi connectivity index (χ0v) is 28.3. The number of hydrogen-bond donors (Lipinski definition) is 0. The van der Waals surface area contributed by atoms with E-state index in [9.17, 15) is 0 Å². The van der Waals surface area contributed by atoms with Gasteiger partial charge in [-0.15, -0.1) is 0 Å². The molecule has 2 saturated carbocycles. The van der Waals surface area contributed by atoms with E-state index < -0.39 is 0 Å². The summed E-state index contributed by atoms with van der Waals surface area (Å²) in [5.41, 5.74) is 6.90. The van der Waals surface area contributed by atoms with Gasteiger partial charge in [0.15, 0.2) is 0 Å². The van der Waals surface area contributed by atoms with Gasteiger partial charge in [-0.2, -0.15) is 5.10 Å². The Morgan fingerprint density at radius 3 is 2.27 bits per heavy atom. The minimum absolute atomic E-state index is 0.613. The van der Waals surface area contributed by atoms with Gasteiger partial charge >= 0.3 is 0 Å². The topological polar surface area (TPSA) is 17.3 Å². The van der Waals surface area contributed by atoms with Gasteiger partial charge in [0.05, 0.1) is 5.69 Å². The molecule has 0 aromatic carbocycles. The van der Waals surface area contributed by atoms with E-state index in [-0.39, 0.29) is 0 Å². The van der Waals surface area contributed by atoms with Gasteiger partial charge in [-0.3, -0.25) is 0 Å². The first-order valence-corrected chi connectivity index (χ1v) is 17.8. The first-order valence-electron chi connectivity index (χ1n) is 17.8. The molecule has 0 saturated heterocycles. The third-order valence-electron chi connectivity index (χ3n) is 10.6. The number of rotatable bonds is 10. The van der Waals surface area contributed by atoms with Gasteiger partial charge < -0.3 is 0 Å². The van der Waals surface area contributed by atoms with E-state index in [1.54, 1.807) is 5.57 Å². The molecule has 1 aromatic heterocycles. The molecule has 0 aliphatic heterocycles. The third kappa shape index (κ3) is 11.2. The van der Waals surface area contributed by atoms with Crippen LogP contribution in [0, 0.1) is 35.5 Å². The summed E-state index contributed by atoms with van der Waals surface area (Å²) in [5, 5.41) is 5.34. The minimum atomic E-state index is 0.613. The maximum Gasteiger partial charge on any atom is 0.0680 e. The maximum absolute atomic E-state index is 5.34. The molecular formula is C39H66N2. The van der Waals surface area contributed by atoms with Crippen molar-refractivity contribution in [3.8, 4) is 0 Å². The lowest BCUT2D eigenvalue weighted by molar-refractivity contribution is 0.323. The van der Waals surface area contributed by atoms with Crippen LogP contribution in [0.15, 0.2) is 35.1 Å². The summed E-state index contributed by atoms with van der Waals surface area (Å²) in [6, 6.07) is 2.31. The number of hydrogen-bond acceptors (Lipinski definition) is 1. The molecule has 2 aliphatic rings. The van der Waals surface area contributed by atoms with E-state index in [1.165, 1.54) is 119 Å². The molecule has 2 aliphatic carbocycles. The summed E-state index contributed by atoms with van der Waals surface area (Å²) in [4.78, 5) is 0. The molecule has 2 fully saturated rings. The summed E-state index contributed by atoms with van der Waals surface area (Å²) in [5.74, 6) is 4.75. The molecule has 2 nitrogen and oxygen atoms in total. The van der Waals surface area contributed by atoms with E-state index in [0.717, 1.165) is 36.5 Å². The van der Waals surface area contributed by atoms with Gasteiger partial charge in [-0.25, -0.2) is 4.68 Å². The smallest absolute Gasteiger partial charge is 0.0680 e. The van der Waals surface area contributed by atoms with Crippen LogP contribution < -0.4 is 0 Å². The standard InChI is InChI=1S/C39H66N2/c1-9-31(6)27-38-24-25-41(40-33(8)37-19-14-13-17-35(30(4)5)20-15-21-37)39(38)28-32(7)36-18-12-10-11-16-34(22-23-36)26-29(2)3/h24-25,28-30,34-37H,6,9-23,26-27H2,1-5,7-8H3. The Labute approximate surface area is 255 Å². The molecule has 0 radical (unpaired) electrons. The normalized spacial score (nSPS) is 26.2. The lowest BCUT2D eigenvalue weighted by Gasteiger charge is -2.22. The Balaban J connectivity index is 1.84. The summed E-state index contributed by atoms with van der Waals surface area (Å²) in [6.07, 6.45) is 27.3. The van der Waals surface area contributed by atoms with Crippen LogP contribution in [0.2, 0.25) is 0 Å². The Bertz CT molecular complexity index is 974. The van der Waals surface area contributed by atoms with Crippen LogP contribution in [0.4, 0.5) is 0 Å². The molecule has 232 valence electrons. The van der Waals surface area contributed by atoms with Gasteiger partial charge in [0, 0.05) is 11.9 Å². The summed E-state index contributed by atoms with van der Waals surface area (Å²) >= 11 is 0. The average molecular weight is 563 g/mol. The van der Waals surface area contributed by atoms with Crippen molar-refractivity contribution in [2.24, 2.45) is 40.6 Å². The molecule has 41 heavy (non-hydrogen) atoms.